The van der Waals surface area contributed by atoms with E-state index in [2.05, 4.69) is 4.98 Å². The molecule has 2 rings (SSSR count). The summed E-state index contributed by atoms with van der Waals surface area (Å²) in [7, 11) is 0. The molecule has 1 aliphatic heterocycles. The Kier molecular flexibility index (Phi) is 2.82. The zero-order valence-electron chi connectivity index (χ0n) is 8.05. The van der Waals surface area contributed by atoms with Crippen molar-refractivity contribution in [1.29, 1.82) is 0 Å². The Bertz CT molecular complexity index is 343. The number of carboxylic acid groups (broad SMARTS) is 1. The molecule has 1 aromatic heterocycles. The van der Waals surface area contributed by atoms with Crippen LogP contribution in [-0.4, -0.2) is 35.4 Å². The molecule has 1 fully saturated rings. The molecule has 0 spiro atoms. The molecule has 0 amide bonds. The third-order valence-corrected chi connectivity index (χ3v) is 2.16. The first-order valence-corrected chi connectivity index (χ1v) is 4.69. The molecular formula is C10H11NO4. The summed E-state index contributed by atoms with van der Waals surface area (Å²) in [6.45, 7) is 1.28. The molecule has 0 aliphatic carbocycles. The molecule has 1 unspecified atom stereocenters. The number of hydrogen-bond acceptors (Lipinski definition) is 4. The number of ether oxygens (including phenoxy) is 2. The fraction of sp³-hybridized carbons (Fsp3) is 0.400. The summed E-state index contributed by atoms with van der Waals surface area (Å²) in [5.41, 5.74) is 0.157. The number of nitrogens with zero attached hydrogens (tertiary/aromatic N) is 1. The van der Waals surface area contributed by atoms with Crippen LogP contribution in [0.5, 0.6) is 5.88 Å². The Labute approximate surface area is 86.7 Å². The van der Waals surface area contributed by atoms with E-state index in [9.17, 15) is 4.79 Å². The summed E-state index contributed by atoms with van der Waals surface area (Å²) >= 11 is 0. The minimum Gasteiger partial charge on any atom is -0.478 e. The van der Waals surface area contributed by atoms with E-state index in [1.165, 1.54) is 12.3 Å². The number of rotatable bonds is 3. The standard InChI is InChI=1S/C10H11NO4/c12-10(13)7-1-2-9(11-5-7)15-8-3-4-14-6-8/h1-2,5,8H,3-4,6H2,(H,12,13). The molecule has 1 aromatic rings. The van der Waals surface area contributed by atoms with Gasteiger partial charge in [0.05, 0.1) is 18.8 Å². The highest BCUT2D eigenvalue weighted by Crippen LogP contribution is 2.14. The van der Waals surface area contributed by atoms with Crippen LogP contribution in [0.3, 0.4) is 0 Å². The second-order valence-corrected chi connectivity index (χ2v) is 3.29. The molecule has 1 atom stereocenters. The third-order valence-electron chi connectivity index (χ3n) is 2.16. The quantitative estimate of drug-likeness (QED) is 0.802. The topological polar surface area (TPSA) is 68.7 Å². The van der Waals surface area contributed by atoms with Gasteiger partial charge in [0, 0.05) is 18.7 Å². The van der Waals surface area contributed by atoms with Gasteiger partial charge in [-0.15, -0.1) is 0 Å². The monoisotopic (exact) mass is 209 g/mol. The Morgan fingerprint density at radius 3 is 3.00 bits per heavy atom. The summed E-state index contributed by atoms with van der Waals surface area (Å²) in [5, 5.41) is 8.66. The van der Waals surface area contributed by atoms with Crippen LogP contribution in [0.4, 0.5) is 0 Å². The van der Waals surface area contributed by atoms with E-state index >= 15 is 0 Å². The van der Waals surface area contributed by atoms with Crippen molar-refractivity contribution in [2.75, 3.05) is 13.2 Å². The van der Waals surface area contributed by atoms with Crippen molar-refractivity contribution in [3.63, 3.8) is 0 Å². The van der Waals surface area contributed by atoms with Gasteiger partial charge in [-0.3, -0.25) is 0 Å². The lowest BCUT2D eigenvalue weighted by Crippen LogP contribution is -2.16. The van der Waals surface area contributed by atoms with Crippen molar-refractivity contribution in [2.45, 2.75) is 12.5 Å². The Hall–Kier alpha value is -1.62. The molecule has 5 nitrogen and oxygen atoms in total. The van der Waals surface area contributed by atoms with E-state index in [0.717, 1.165) is 6.42 Å². The fourth-order valence-corrected chi connectivity index (χ4v) is 1.35. The normalized spacial score (nSPS) is 20.1. The second-order valence-electron chi connectivity index (χ2n) is 3.29. The van der Waals surface area contributed by atoms with E-state index < -0.39 is 5.97 Å². The molecule has 5 heteroatoms. The van der Waals surface area contributed by atoms with Crippen molar-refractivity contribution >= 4 is 5.97 Å². The number of aromatic carboxylic acids is 1. The van der Waals surface area contributed by atoms with Gasteiger partial charge in [0.25, 0.3) is 0 Å². The van der Waals surface area contributed by atoms with Crippen LogP contribution in [0.2, 0.25) is 0 Å². The lowest BCUT2D eigenvalue weighted by atomic mass is 10.3. The average Bonchev–Trinajstić information content (AvgIpc) is 2.71. The molecule has 0 aromatic carbocycles. The molecule has 80 valence electrons. The maximum atomic E-state index is 10.6. The lowest BCUT2D eigenvalue weighted by molar-refractivity contribution is 0.0696. The van der Waals surface area contributed by atoms with Crippen LogP contribution in [0.15, 0.2) is 18.3 Å². The van der Waals surface area contributed by atoms with E-state index in [-0.39, 0.29) is 11.7 Å². The number of hydrogen-bond donors (Lipinski definition) is 1. The van der Waals surface area contributed by atoms with Crippen molar-refractivity contribution in [2.24, 2.45) is 0 Å². The van der Waals surface area contributed by atoms with Crippen LogP contribution < -0.4 is 4.74 Å². The van der Waals surface area contributed by atoms with Gasteiger partial charge in [0.1, 0.15) is 6.10 Å². The molecule has 1 saturated heterocycles. The summed E-state index contributed by atoms with van der Waals surface area (Å²) in [6.07, 6.45) is 2.17. The van der Waals surface area contributed by atoms with Gasteiger partial charge in [-0.05, 0) is 6.07 Å². The van der Waals surface area contributed by atoms with E-state index in [4.69, 9.17) is 14.6 Å². The van der Waals surface area contributed by atoms with Gasteiger partial charge in [-0.25, -0.2) is 9.78 Å². The molecule has 1 aliphatic rings. The van der Waals surface area contributed by atoms with Crippen LogP contribution in [0, 0.1) is 0 Å². The molecule has 0 radical (unpaired) electrons. The summed E-state index contributed by atoms with van der Waals surface area (Å²) < 4.78 is 10.6. The molecule has 1 N–H and O–H groups in total. The van der Waals surface area contributed by atoms with Gasteiger partial charge in [-0.1, -0.05) is 0 Å². The van der Waals surface area contributed by atoms with Crippen LogP contribution in [0.1, 0.15) is 16.8 Å². The molecular weight excluding hydrogens is 198 g/mol. The van der Waals surface area contributed by atoms with Crippen molar-refractivity contribution in [1.82, 2.24) is 4.98 Å². The lowest BCUT2D eigenvalue weighted by Gasteiger charge is -2.10. The zero-order chi connectivity index (χ0) is 10.7. The predicted molar refractivity (Wildman–Crippen MR) is 51.0 cm³/mol. The Balaban J connectivity index is 2.00. The molecule has 2 heterocycles. The largest absolute Gasteiger partial charge is 0.478 e. The number of pyridine rings is 1. The first kappa shape index (κ1) is 9.92. The van der Waals surface area contributed by atoms with Crippen molar-refractivity contribution in [3.05, 3.63) is 23.9 Å². The summed E-state index contributed by atoms with van der Waals surface area (Å²) in [6, 6.07) is 3.03. The highest BCUT2D eigenvalue weighted by molar-refractivity contribution is 5.87. The number of carbonyl (C=O) groups is 1. The first-order valence-electron chi connectivity index (χ1n) is 4.69. The van der Waals surface area contributed by atoms with Gasteiger partial charge in [0.15, 0.2) is 0 Å². The SMILES string of the molecule is O=C(O)c1ccc(OC2CCOC2)nc1. The van der Waals surface area contributed by atoms with Gasteiger partial charge < -0.3 is 14.6 Å². The van der Waals surface area contributed by atoms with Crippen molar-refractivity contribution < 1.29 is 19.4 Å². The van der Waals surface area contributed by atoms with E-state index in [0.29, 0.717) is 19.1 Å². The summed E-state index contributed by atoms with van der Waals surface area (Å²) in [5.74, 6) is -0.547. The second kappa shape index (κ2) is 4.27. The zero-order valence-corrected chi connectivity index (χ0v) is 8.05. The van der Waals surface area contributed by atoms with Crippen LogP contribution >= 0.6 is 0 Å². The first-order chi connectivity index (χ1) is 7.25. The van der Waals surface area contributed by atoms with Crippen LogP contribution in [0.25, 0.3) is 0 Å². The van der Waals surface area contributed by atoms with E-state index in [1.54, 1.807) is 6.07 Å². The fourth-order valence-electron chi connectivity index (χ4n) is 1.35. The van der Waals surface area contributed by atoms with Gasteiger partial charge >= 0.3 is 5.97 Å². The average molecular weight is 209 g/mol. The van der Waals surface area contributed by atoms with Gasteiger partial charge in [0.2, 0.25) is 5.88 Å². The smallest absolute Gasteiger partial charge is 0.337 e. The highest BCUT2D eigenvalue weighted by Gasteiger charge is 2.17. The highest BCUT2D eigenvalue weighted by atomic mass is 16.5. The molecule has 0 saturated carbocycles. The van der Waals surface area contributed by atoms with Gasteiger partial charge in [-0.2, -0.15) is 0 Å². The minimum atomic E-state index is -0.988. The number of carboxylic acids is 1. The predicted octanol–water partition coefficient (Wildman–Crippen LogP) is 0.947. The maximum Gasteiger partial charge on any atom is 0.337 e. The minimum absolute atomic E-state index is 0.0354. The third kappa shape index (κ3) is 2.44. The van der Waals surface area contributed by atoms with E-state index in [1.807, 2.05) is 0 Å². The molecule has 0 bridgehead atoms. The summed E-state index contributed by atoms with van der Waals surface area (Å²) in [4.78, 5) is 14.5. The Morgan fingerprint density at radius 2 is 2.47 bits per heavy atom. The van der Waals surface area contributed by atoms with Crippen molar-refractivity contribution in [3.8, 4) is 5.88 Å². The number of aromatic nitrogens is 1. The molecule has 15 heavy (non-hydrogen) atoms. The Morgan fingerprint density at radius 1 is 1.60 bits per heavy atom. The van der Waals surface area contributed by atoms with Crippen LogP contribution in [-0.2, 0) is 4.74 Å². The maximum absolute atomic E-state index is 10.6.